The second-order valence-corrected chi connectivity index (χ2v) is 5.71. The number of rotatable bonds is 3. The molecule has 0 unspecified atom stereocenters. The second kappa shape index (κ2) is 5.54. The third kappa shape index (κ3) is 2.58. The van der Waals surface area contributed by atoms with Crippen LogP contribution in [0.5, 0.6) is 5.88 Å². The van der Waals surface area contributed by atoms with Crippen LogP contribution in [0, 0.1) is 0 Å². The number of nitrogens with zero attached hydrogens (tertiary/aromatic N) is 4. The fourth-order valence-corrected chi connectivity index (χ4v) is 2.87. The Bertz CT molecular complexity index is 468. The number of fused-ring (bicyclic) bond motifs is 1. The molecule has 20 heavy (non-hydrogen) atoms. The molecule has 0 bridgehead atoms. The van der Waals surface area contributed by atoms with E-state index in [0.717, 1.165) is 32.1 Å². The average Bonchev–Trinajstić information content (AvgIpc) is 2.84. The van der Waals surface area contributed by atoms with Crippen LogP contribution in [0.1, 0.15) is 13.8 Å². The quantitative estimate of drug-likeness (QED) is 0.814. The lowest BCUT2D eigenvalue weighted by Gasteiger charge is -2.33. The van der Waals surface area contributed by atoms with Crippen LogP contribution in [0.25, 0.3) is 0 Å². The molecule has 0 radical (unpaired) electrons. The first-order valence-corrected chi connectivity index (χ1v) is 7.19. The van der Waals surface area contributed by atoms with Crippen molar-refractivity contribution in [2.24, 2.45) is 0 Å². The summed E-state index contributed by atoms with van der Waals surface area (Å²) in [7, 11) is 2.16. The van der Waals surface area contributed by atoms with Crippen molar-refractivity contribution in [2.45, 2.75) is 32.1 Å². The number of hydrogen-bond acceptors (Lipinski definition) is 6. The Labute approximate surface area is 119 Å². The van der Waals surface area contributed by atoms with Crippen molar-refractivity contribution in [3.63, 3.8) is 0 Å². The highest BCUT2D eigenvalue weighted by Gasteiger charge is 2.40. The first-order chi connectivity index (χ1) is 9.65. The Morgan fingerprint density at radius 2 is 2.10 bits per heavy atom. The van der Waals surface area contributed by atoms with Gasteiger partial charge in [-0.1, -0.05) is 0 Å². The standard InChI is InChI=1S/C14H22N4O2/c1-10(2)20-14-13(15-4-5-16-14)18-8-11-12(9-18)19-7-6-17(11)3/h4-5,10-12H,6-9H2,1-3H3/t11-,12+/m0/s1. The summed E-state index contributed by atoms with van der Waals surface area (Å²) in [6.45, 7) is 7.56. The second-order valence-electron chi connectivity index (χ2n) is 5.71. The maximum Gasteiger partial charge on any atom is 0.257 e. The van der Waals surface area contributed by atoms with E-state index in [1.165, 1.54) is 0 Å². The molecular formula is C14H22N4O2. The summed E-state index contributed by atoms with van der Waals surface area (Å²) in [5, 5.41) is 0. The molecule has 110 valence electrons. The fraction of sp³-hybridized carbons (Fsp3) is 0.714. The van der Waals surface area contributed by atoms with Gasteiger partial charge < -0.3 is 14.4 Å². The predicted molar refractivity (Wildman–Crippen MR) is 76.2 cm³/mol. The van der Waals surface area contributed by atoms with Gasteiger partial charge in [0.15, 0.2) is 5.82 Å². The Balaban J connectivity index is 1.80. The summed E-state index contributed by atoms with van der Waals surface area (Å²) in [5.74, 6) is 1.44. The molecule has 0 saturated carbocycles. The van der Waals surface area contributed by atoms with Crippen LogP contribution in [0.15, 0.2) is 12.4 Å². The van der Waals surface area contributed by atoms with Gasteiger partial charge in [0.2, 0.25) is 0 Å². The fourth-order valence-electron chi connectivity index (χ4n) is 2.87. The molecule has 2 atom stereocenters. The van der Waals surface area contributed by atoms with Gasteiger partial charge in [0.05, 0.1) is 24.9 Å². The zero-order chi connectivity index (χ0) is 14.1. The largest absolute Gasteiger partial charge is 0.472 e. The van der Waals surface area contributed by atoms with E-state index in [0.29, 0.717) is 11.9 Å². The normalized spacial score (nSPS) is 26.9. The summed E-state index contributed by atoms with van der Waals surface area (Å²) >= 11 is 0. The van der Waals surface area contributed by atoms with Crippen LogP contribution in [0.3, 0.4) is 0 Å². The smallest absolute Gasteiger partial charge is 0.257 e. The number of morpholine rings is 1. The summed E-state index contributed by atoms with van der Waals surface area (Å²) in [5.41, 5.74) is 0. The Morgan fingerprint density at radius 1 is 1.30 bits per heavy atom. The van der Waals surface area contributed by atoms with Crippen molar-refractivity contribution in [3.8, 4) is 5.88 Å². The molecule has 0 spiro atoms. The van der Waals surface area contributed by atoms with E-state index < -0.39 is 0 Å². The summed E-state index contributed by atoms with van der Waals surface area (Å²) < 4.78 is 11.6. The van der Waals surface area contributed by atoms with E-state index in [1.54, 1.807) is 12.4 Å². The molecule has 1 aromatic rings. The molecule has 0 N–H and O–H groups in total. The summed E-state index contributed by atoms with van der Waals surface area (Å²) in [6.07, 6.45) is 3.74. The van der Waals surface area contributed by atoms with Gasteiger partial charge in [-0.15, -0.1) is 0 Å². The van der Waals surface area contributed by atoms with Gasteiger partial charge in [-0.3, -0.25) is 4.90 Å². The van der Waals surface area contributed by atoms with E-state index in [1.807, 2.05) is 13.8 Å². The highest BCUT2D eigenvalue weighted by atomic mass is 16.5. The van der Waals surface area contributed by atoms with Gasteiger partial charge in [-0.2, -0.15) is 0 Å². The highest BCUT2D eigenvalue weighted by Crippen LogP contribution is 2.30. The lowest BCUT2D eigenvalue weighted by molar-refractivity contribution is -0.0362. The van der Waals surface area contributed by atoms with Crippen LogP contribution in [-0.4, -0.2) is 66.4 Å². The Morgan fingerprint density at radius 3 is 2.85 bits per heavy atom. The van der Waals surface area contributed by atoms with Crippen LogP contribution in [0.4, 0.5) is 5.82 Å². The van der Waals surface area contributed by atoms with E-state index in [4.69, 9.17) is 9.47 Å². The van der Waals surface area contributed by atoms with Crippen LogP contribution < -0.4 is 9.64 Å². The van der Waals surface area contributed by atoms with Gasteiger partial charge in [0.1, 0.15) is 0 Å². The molecule has 0 aromatic carbocycles. The third-order valence-electron chi connectivity index (χ3n) is 3.87. The SMILES string of the molecule is CC(C)Oc1nccnc1N1C[C@H]2OCCN(C)[C@H]2C1. The van der Waals surface area contributed by atoms with Gasteiger partial charge in [0.25, 0.3) is 5.88 Å². The zero-order valence-corrected chi connectivity index (χ0v) is 12.3. The maximum atomic E-state index is 5.87. The Kier molecular flexibility index (Phi) is 3.76. The van der Waals surface area contributed by atoms with Gasteiger partial charge in [-0.05, 0) is 20.9 Å². The summed E-state index contributed by atoms with van der Waals surface area (Å²) in [4.78, 5) is 13.4. The molecule has 2 aliphatic heterocycles. The van der Waals surface area contributed by atoms with Crippen molar-refractivity contribution >= 4 is 5.82 Å². The molecule has 6 heteroatoms. The number of anilines is 1. The number of hydrogen-bond donors (Lipinski definition) is 0. The molecular weight excluding hydrogens is 256 g/mol. The van der Waals surface area contributed by atoms with Crippen molar-refractivity contribution in [3.05, 3.63) is 12.4 Å². The minimum absolute atomic E-state index is 0.0919. The van der Waals surface area contributed by atoms with Crippen molar-refractivity contribution in [1.82, 2.24) is 14.9 Å². The first-order valence-electron chi connectivity index (χ1n) is 7.19. The molecule has 2 saturated heterocycles. The Hall–Kier alpha value is -1.40. The predicted octanol–water partition coefficient (Wildman–Crippen LogP) is 0.783. The van der Waals surface area contributed by atoms with Gasteiger partial charge >= 0.3 is 0 Å². The molecule has 3 heterocycles. The molecule has 6 nitrogen and oxygen atoms in total. The molecule has 3 rings (SSSR count). The number of aromatic nitrogens is 2. The molecule has 1 aromatic heterocycles. The van der Waals surface area contributed by atoms with Crippen molar-refractivity contribution < 1.29 is 9.47 Å². The minimum Gasteiger partial charge on any atom is -0.472 e. The number of ether oxygens (including phenoxy) is 2. The first kappa shape index (κ1) is 13.6. The van der Waals surface area contributed by atoms with Gasteiger partial charge in [-0.25, -0.2) is 9.97 Å². The van der Waals surface area contributed by atoms with Crippen LogP contribution in [-0.2, 0) is 4.74 Å². The topological polar surface area (TPSA) is 50.7 Å². The van der Waals surface area contributed by atoms with E-state index in [-0.39, 0.29) is 12.2 Å². The van der Waals surface area contributed by atoms with Crippen LogP contribution in [0.2, 0.25) is 0 Å². The average molecular weight is 278 g/mol. The monoisotopic (exact) mass is 278 g/mol. The van der Waals surface area contributed by atoms with Crippen molar-refractivity contribution in [2.75, 3.05) is 38.2 Å². The molecule has 2 fully saturated rings. The van der Waals surface area contributed by atoms with Crippen LogP contribution >= 0.6 is 0 Å². The third-order valence-corrected chi connectivity index (χ3v) is 3.87. The number of likely N-dealkylation sites (N-methyl/N-ethyl adjacent to an activating group) is 1. The zero-order valence-electron chi connectivity index (χ0n) is 12.3. The highest BCUT2D eigenvalue weighted by molar-refractivity contribution is 5.49. The van der Waals surface area contributed by atoms with E-state index >= 15 is 0 Å². The molecule has 2 aliphatic rings. The lowest BCUT2D eigenvalue weighted by atomic mass is 10.1. The summed E-state index contributed by atoms with van der Waals surface area (Å²) in [6, 6.07) is 0.428. The molecule has 0 aliphatic carbocycles. The molecule has 0 amide bonds. The van der Waals surface area contributed by atoms with E-state index in [9.17, 15) is 0 Å². The van der Waals surface area contributed by atoms with Gasteiger partial charge in [0, 0.05) is 32.0 Å². The van der Waals surface area contributed by atoms with Crippen molar-refractivity contribution in [1.29, 1.82) is 0 Å². The minimum atomic E-state index is 0.0919. The van der Waals surface area contributed by atoms with E-state index in [2.05, 4.69) is 26.8 Å². The maximum absolute atomic E-state index is 5.87. The lowest BCUT2D eigenvalue weighted by Crippen LogP contribution is -2.48.